The smallest absolute Gasteiger partial charge is 0.322 e. The number of carbonyl (C=O) groups excluding carboxylic acids is 4. The molecule has 0 spiro atoms. The van der Waals surface area contributed by atoms with Gasteiger partial charge in [-0.25, -0.2) is 4.79 Å². The predicted octanol–water partition coefficient (Wildman–Crippen LogP) is 0.626. The maximum absolute atomic E-state index is 13.0. The summed E-state index contributed by atoms with van der Waals surface area (Å²) in [5, 5.41) is 4.80. The molecule has 5 rings (SSSR count). The molecule has 3 aromatic rings. The average Bonchev–Trinajstić information content (AvgIpc) is 3.41. The number of nitrogens with two attached hydrogens (primary N) is 1. The second-order valence-corrected chi connectivity index (χ2v) is 7.58. The van der Waals surface area contributed by atoms with Crippen molar-refractivity contribution in [2.75, 3.05) is 13.7 Å². The SMILES string of the molecule is COc1ccc2c(c1)C(=O)N(C[C@@]1(c3cc4ncc(C(N)=O)cc4o3)NC(=O)NC1=O)C2. The van der Waals surface area contributed by atoms with E-state index in [0.717, 1.165) is 5.56 Å². The van der Waals surface area contributed by atoms with Gasteiger partial charge >= 0.3 is 6.03 Å². The van der Waals surface area contributed by atoms with Crippen molar-refractivity contribution in [2.45, 2.75) is 12.1 Å². The van der Waals surface area contributed by atoms with E-state index in [0.29, 0.717) is 16.8 Å². The predicted molar refractivity (Wildman–Crippen MR) is 109 cm³/mol. The number of hydrogen-bond acceptors (Lipinski definition) is 7. The van der Waals surface area contributed by atoms with Crippen molar-refractivity contribution < 1.29 is 28.3 Å². The summed E-state index contributed by atoms with van der Waals surface area (Å²) >= 11 is 0. The summed E-state index contributed by atoms with van der Waals surface area (Å²) in [4.78, 5) is 55.1. The number of benzene rings is 1. The zero-order valence-electron chi connectivity index (χ0n) is 16.8. The normalized spacial score (nSPS) is 19.8. The van der Waals surface area contributed by atoms with E-state index in [2.05, 4.69) is 15.6 Å². The number of rotatable bonds is 5. The first-order chi connectivity index (χ1) is 15.3. The topological polar surface area (TPSA) is 157 Å². The zero-order valence-corrected chi connectivity index (χ0v) is 16.8. The molecule has 4 heterocycles. The lowest BCUT2D eigenvalue weighted by Crippen LogP contribution is -2.52. The third-order valence-corrected chi connectivity index (χ3v) is 5.64. The second-order valence-electron chi connectivity index (χ2n) is 7.58. The van der Waals surface area contributed by atoms with Crippen LogP contribution in [0.2, 0.25) is 0 Å². The van der Waals surface area contributed by atoms with E-state index in [-0.39, 0.29) is 35.9 Å². The lowest BCUT2D eigenvalue weighted by atomic mass is 9.95. The number of nitrogens with zero attached hydrogens (tertiary/aromatic N) is 2. The Morgan fingerprint density at radius 1 is 1.28 bits per heavy atom. The van der Waals surface area contributed by atoms with Crippen LogP contribution in [0.25, 0.3) is 11.1 Å². The van der Waals surface area contributed by atoms with Crippen molar-refractivity contribution in [2.24, 2.45) is 5.73 Å². The van der Waals surface area contributed by atoms with E-state index in [1.165, 1.54) is 30.3 Å². The van der Waals surface area contributed by atoms with Crippen molar-refractivity contribution in [1.29, 1.82) is 0 Å². The third-order valence-electron chi connectivity index (χ3n) is 5.64. The van der Waals surface area contributed by atoms with Crippen molar-refractivity contribution in [1.82, 2.24) is 20.5 Å². The summed E-state index contributed by atoms with van der Waals surface area (Å²) in [5.74, 6) is -1.05. The van der Waals surface area contributed by atoms with Crippen molar-refractivity contribution in [3.63, 3.8) is 0 Å². The minimum absolute atomic E-state index is 0.0753. The van der Waals surface area contributed by atoms with Gasteiger partial charge in [-0.1, -0.05) is 6.07 Å². The summed E-state index contributed by atoms with van der Waals surface area (Å²) in [6.45, 7) is 0.0657. The number of urea groups is 1. The van der Waals surface area contributed by atoms with Gasteiger partial charge in [0.1, 0.15) is 17.0 Å². The van der Waals surface area contributed by atoms with Gasteiger partial charge in [-0.05, 0) is 23.8 Å². The molecule has 0 bridgehead atoms. The fourth-order valence-electron chi connectivity index (χ4n) is 4.00. The van der Waals surface area contributed by atoms with Crippen LogP contribution < -0.4 is 21.1 Å². The molecule has 2 aliphatic rings. The van der Waals surface area contributed by atoms with Gasteiger partial charge in [0, 0.05) is 24.4 Å². The van der Waals surface area contributed by atoms with Crippen LogP contribution in [0, 0.1) is 0 Å². The fraction of sp³-hybridized carbons (Fsp3) is 0.190. The molecule has 11 nitrogen and oxygen atoms in total. The number of furan rings is 1. The number of ether oxygens (including phenoxy) is 1. The van der Waals surface area contributed by atoms with Gasteiger partial charge < -0.3 is 25.1 Å². The molecule has 0 saturated carbocycles. The molecule has 162 valence electrons. The lowest BCUT2D eigenvalue weighted by Gasteiger charge is -2.28. The molecule has 5 amide bonds. The third kappa shape index (κ3) is 2.86. The number of nitrogens with one attached hydrogen (secondary N) is 2. The number of carbonyl (C=O) groups is 4. The van der Waals surface area contributed by atoms with Crippen LogP contribution in [-0.2, 0) is 16.9 Å². The molecule has 1 fully saturated rings. The van der Waals surface area contributed by atoms with Crippen molar-refractivity contribution in [3.8, 4) is 5.75 Å². The molecule has 0 unspecified atom stereocenters. The first kappa shape index (κ1) is 19.5. The van der Waals surface area contributed by atoms with Gasteiger partial charge in [-0.3, -0.25) is 24.7 Å². The molecular formula is C21H17N5O6. The van der Waals surface area contributed by atoms with Gasteiger partial charge in [0.25, 0.3) is 11.8 Å². The van der Waals surface area contributed by atoms with E-state index in [1.54, 1.807) is 18.2 Å². The highest BCUT2D eigenvalue weighted by molar-refractivity contribution is 6.08. The molecule has 11 heteroatoms. The Balaban J connectivity index is 1.55. The van der Waals surface area contributed by atoms with E-state index < -0.39 is 23.4 Å². The molecule has 2 aliphatic heterocycles. The van der Waals surface area contributed by atoms with Gasteiger partial charge in [0.2, 0.25) is 5.91 Å². The van der Waals surface area contributed by atoms with Gasteiger partial charge in [0.15, 0.2) is 11.1 Å². The van der Waals surface area contributed by atoms with E-state index in [9.17, 15) is 19.2 Å². The maximum atomic E-state index is 13.0. The molecule has 1 saturated heterocycles. The van der Waals surface area contributed by atoms with Gasteiger partial charge in [-0.15, -0.1) is 0 Å². The van der Waals surface area contributed by atoms with Crippen LogP contribution in [0.3, 0.4) is 0 Å². The molecule has 2 aromatic heterocycles. The lowest BCUT2D eigenvalue weighted by molar-refractivity contribution is -0.125. The Labute approximate surface area is 180 Å². The van der Waals surface area contributed by atoms with E-state index >= 15 is 0 Å². The number of pyridine rings is 1. The van der Waals surface area contributed by atoms with Crippen LogP contribution in [0.4, 0.5) is 4.79 Å². The van der Waals surface area contributed by atoms with Crippen molar-refractivity contribution >= 4 is 34.9 Å². The monoisotopic (exact) mass is 435 g/mol. The molecule has 0 radical (unpaired) electrons. The highest BCUT2D eigenvalue weighted by Crippen LogP contribution is 2.34. The molecule has 4 N–H and O–H groups in total. The van der Waals surface area contributed by atoms with Gasteiger partial charge in [0.05, 0.1) is 19.2 Å². The molecular weight excluding hydrogens is 418 g/mol. The quantitative estimate of drug-likeness (QED) is 0.496. The summed E-state index contributed by atoms with van der Waals surface area (Å²) in [6, 6.07) is 7.33. The van der Waals surface area contributed by atoms with Crippen LogP contribution >= 0.6 is 0 Å². The number of amides is 5. The van der Waals surface area contributed by atoms with Crippen molar-refractivity contribution in [3.05, 3.63) is 59.0 Å². The Morgan fingerprint density at radius 2 is 2.09 bits per heavy atom. The standard InChI is InChI=1S/C21H17N5O6/c1-31-12-3-2-10-8-26(18(28)13(10)5-12)9-21(19(29)24-20(30)25-21)16-6-14-15(32-16)4-11(7-23-14)17(22)27/h2-7H,8-9H2,1H3,(H2,22,27)(H2,24,25,29,30)/t21-/m0/s1. The summed E-state index contributed by atoms with van der Waals surface area (Å²) in [6.07, 6.45) is 1.29. The number of methoxy groups -OCH3 is 1. The summed E-state index contributed by atoms with van der Waals surface area (Å²) in [7, 11) is 1.51. The first-order valence-corrected chi connectivity index (χ1v) is 9.60. The Morgan fingerprint density at radius 3 is 2.78 bits per heavy atom. The fourth-order valence-corrected chi connectivity index (χ4v) is 4.00. The highest BCUT2D eigenvalue weighted by Gasteiger charge is 2.53. The Bertz CT molecular complexity index is 1330. The van der Waals surface area contributed by atoms with Crippen LogP contribution in [-0.4, -0.2) is 47.3 Å². The van der Waals surface area contributed by atoms with Crippen LogP contribution in [0.5, 0.6) is 5.75 Å². The number of fused-ring (bicyclic) bond motifs is 2. The molecule has 0 aliphatic carbocycles. The Kier molecular flexibility index (Phi) is 4.16. The number of primary amides is 1. The molecule has 1 aromatic carbocycles. The maximum Gasteiger partial charge on any atom is 0.322 e. The number of hydrogen-bond donors (Lipinski definition) is 3. The highest BCUT2D eigenvalue weighted by atomic mass is 16.5. The second kappa shape index (κ2) is 6.80. The summed E-state index contributed by atoms with van der Waals surface area (Å²) < 4.78 is 11.0. The van der Waals surface area contributed by atoms with E-state index in [4.69, 9.17) is 14.9 Å². The van der Waals surface area contributed by atoms with Crippen LogP contribution in [0.1, 0.15) is 32.0 Å². The van der Waals surface area contributed by atoms with E-state index in [1.807, 2.05) is 0 Å². The van der Waals surface area contributed by atoms with Gasteiger partial charge in [-0.2, -0.15) is 0 Å². The zero-order chi connectivity index (χ0) is 22.6. The first-order valence-electron chi connectivity index (χ1n) is 9.60. The number of aromatic nitrogens is 1. The largest absolute Gasteiger partial charge is 0.497 e. The average molecular weight is 435 g/mol. The van der Waals surface area contributed by atoms with Crippen LogP contribution in [0.15, 0.2) is 40.9 Å². The molecule has 32 heavy (non-hydrogen) atoms. The Hall–Kier alpha value is -4.41. The minimum Gasteiger partial charge on any atom is -0.497 e. The molecule has 1 atom stereocenters. The number of imide groups is 1. The summed E-state index contributed by atoms with van der Waals surface area (Å²) in [5.41, 5.74) is 5.55. The minimum atomic E-state index is -1.67.